The topological polar surface area (TPSA) is 8.17 Å². The molecule has 1 aliphatic carbocycles. The first kappa shape index (κ1) is 9.59. The summed E-state index contributed by atoms with van der Waals surface area (Å²) in [5.74, 6) is 0. The van der Waals surface area contributed by atoms with E-state index in [-0.39, 0.29) is 4.90 Å². The van der Waals surface area contributed by atoms with Gasteiger partial charge in [0, 0.05) is 47.2 Å². The average molecular weight is 637 g/mol. The van der Waals surface area contributed by atoms with Crippen LogP contribution in [0.4, 0.5) is 17.1 Å². The molecule has 7 aromatic carbocycles. The Balaban J connectivity index is 1.53. The zero-order chi connectivity index (χ0) is 60.9. The Morgan fingerprint density at radius 3 is 2.00 bits per heavy atom. The van der Waals surface area contributed by atoms with Gasteiger partial charge in [-0.1, -0.05) is 116 Å². The standard InChI is InChI=1S/C45H34N2/c1-45(2)41-22-11-9-20-37(41)38-26-25-36(30-42(38)45)46(33-15-5-3-6-16-33)35-19-13-14-31(28-35)32-24-27-44-40(29-32)39-21-10-12-23-43(39)47(44)34-17-7-4-8-18-34/h3-30H,1-2H3/i1D3,2D3,3D,4D,5D,6D,7D,8D,9D,10D,11D,12D,13D,14D,15D,16D,17D,18D,19D,20D,21D,22D,23D,24D,25D,26D,27D,28D,29D,30D. The molecule has 0 aliphatic heterocycles. The fourth-order valence-electron chi connectivity index (χ4n) is 5.36. The highest BCUT2D eigenvalue weighted by Crippen LogP contribution is 2.50. The van der Waals surface area contributed by atoms with E-state index >= 15 is 0 Å². The summed E-state index contributed by atoms with van der Waals surface area (Å²) in [5.41, 5.74) is -16.6. The highest BCUT2D eigenvalue weighted by atomic mass is 15.1. The van der Waals surface area contributed by atoms with Crippen molar-refractivity contribution in [2.24, 2.45) is 0 Å². The predicted octanol–water partition coefficient (Wildman–Crippen LogP) is 12.2. The maximum atomic E-state index is 9.93. The summed E-state index contributed by atoms with van der Waals surface area (Å²) in [4.78, 5) is 0.171. The normalized spacial score (nSPS) is 23.8. The van der Waals surface area contributed by atoms with Crippen LogP contribution in [0, 0.1) is 0 Å². The van der Waals surface area contributed by atoms with E-state index in [0.717, 1.165) is 0 Å². The minimum Gasteiger partial charge on any atom is -0.310 e. The van der Waals surface area contributed by atoms with Gasteiger partial charge in [-0.3, -0.25) is 0 Å². The molecule has 0 radical (unpaired) electrons. The van der Waals surface area contributed by atoms with Crippen LogP contribution in [0.25, 0.3) is 49.7 Å². The van der Waals surface area contributed by atoms with Gasteiger partial charge in [0.2, 0.25) is 0 Å². The number of nitrogens with zero attached hydrogens (tertiary/aromatic N) is 2. The summed E-state index contributed by atoms with van der Waals surface area (Å²) in [6, 6.07) is -32.4. The lowest BCUT2D eigenvalue weighted by Gasteiger charge is -2.28. The summed E-state index contributed by atoms with van der Waals surface area (Å²) in [7, 11) is 0. The van der Waals surface area contributed by atoms with Crippen molar-refractivity contribution in [1.29, 1.82) is 0 Å². The van der Waals surface area contributed by atoms with Crippen LogP contribution in [0.15, 0.2) is 169 Å². The SMILES string of the molecule is [2H]c1c([2H])c([2H])c(N(c2c([2H])c([2H])c([2H])c(-c3c([2H])c([2H])c4c(c3[2H])c3c([2H])c([2H])c([2H])c([2H])c3n4-c3c([2H])c([2H])c([2H])c([2H])c3[2H])c2[2H])c2c([2H])c([2H])c3c(c2[2H])C(C([2H])([2H])[2H])(C([2H])([2H])[2H])c2c([2H])c([2H])c([2H])c([2H])c2-3)c([2H])c1[2H]. The Morgan fingerprint density at radius 1 is 0.489 bits per heavy atom. The van der Waals surface area contributed by atoms with E-state index in [0.29, 0.717) is 4.57 Å². The molecule has 0 saturated carbocycles. The number of rotatable bonds is 5. The minimum atomic E-state index is -4.01. The number of anilines is 3. The van der Waals surface area contributed by atoms with Gasteiger partial charge in [0.1, 0.15) is 0 Å². The second kappa shape index (κ2) is 10.6. The molecule has 2 heteroatoms. The second-order valence-corrected chi connectivity index (χ2v) is 10.0. The van der Waals surface area contributed by atoms with Crippen LogP contribution >= 0.6 is 0 Å². The predicted molar refractivity (Wildman–Crippen MR) is 198 cm³/mol. The fraction of sp³-hybridized carbons (Fsp3) is 0.0667. The number of hydrogen-bond acceptors (Lipinski definition) is 1. The van der Waals surface area contributed by atoms with Crippen molar-refractivity contribution >= 4 is 38.9 Å². The van der Waals surface area contributed by atoms with Crippen molar-refractivity contribution in [3.05, 3.63) is 180 Å². The van der Waals surface area contributed by atoms with Gasteiger partial charge in [0.15, 0.2) is 0 Å². The monoisotopic (exact) mass is 636 g/mol. The lowest BCUT2D eigenvalue weighted by molar-refractivity contribution is 0.660. The molecule has 0 saturated heterocycles. The molecule has 0 unspecified atom stereocenters. The lowest BCUT2D eigenvalue weighted by atomic mass is 9.82. The molecule has 1 aromatic heterocycles. The molecule has 1 heterocycles. The molecular weight excluding hydrogens is 569 g/mol. The average Bonchev–Trinajstić information content (AvgIpc) is 2.11. The lowest BCUT2D eigenvalue weighted by Crippen LogP contribution is -2.16. The van der Waals surface area contributed by atoms with Gasteiger partial charge < -0.3 is 9.47 Å². The third-order valence-electron chi connectivity index (χ3n) is 7.37. The van der Waals surface area contributed by atoms with E-state index in [1.165, 1.54) is 0 Å². The third-order valence-corrected chi connectivity index (χ3v) is 7.37. The van der Waals surface area contributed by atoms with Gasteiger partial charge in [-0.2, -0.15) is 0 Å². The zero-order valence-electron chi connectivity index (χ0n) is 57.4. The molecule has 0 atom stereocenters. The first-order valence-electron chi connectivity index (χ1n) is 30.6. The molecule has 47 heavy (non-hydrogen) atoms. The van der Waals surface area contributed by atoms with Gasteiger partial charge >= 0.3 is 0 Å². The van der Waals surface area contributed by atoms with Crippen molar-refractivity contribution in [3.8, 4) is 27.9 Å². The van der Waals surface area contributed by atoms with Crippen molar-refractivity contribution in [2.75, 3.05) is 4.90 Å². The van der Waals surface area contributed by atoms with E-state index in [4.69, 9.17) is 32.9 Å². The number of benzene rings is 7. The van der Waals surface area contributed by atoms with Crippen LogP contribution < -0.4 is 4.90 Å². The van der Waals surface area contributed by atoms with Gasteiger partial charge in [0.25, 0.3) is 0 Å². The molecule has 0 spiro atoms. The van der Waals surface area contributed by atoms with Crippen molar-refractivity contribution in [3.63, 3.8) is 0 Å². The van der Waals surface area contributed by atoms with Gasteiger partial charge in [-0.15, -0.1) is 0 Å². The molecule has 8 aromatic rings. The number of para-hydroxylation sites is 3. The van der Waals surface area contributed by atoms with E-state index in [1.54, 1.807) is 0 Å². The quantitative estimate of drug-likeness (QED) is 0.182. The van der Waals surface area contributed by atoms with Gasteiger partial charge in [-0.05, 0) is 99.8 Å². The fourth-order valence-corrected chi connectivity index (χ4v) is 5.36. The highest BCUT2D eigenvalue weighted by molar-refractivity contribution is 6.10. The Bertz CT molecular complexity index is 4170. The Kier molecular flexibility index (Phi) is 2.16. The molecule has 0 bridgehead atoms. The van der Waals surface area contributed by atoms with Crippen LogP contribution in [0.3, 0.4) is 0 Å². The number of aromatic nitrogens is 1. The van der Waals surface area contributed by atoms with Gasteiger partial charge in [0.05, 0.1) is 49.4 Å². The van der Waals surface area contributed by atoms with E-state index < -0.39 is 266 Å². The second-order valence-electron chi connectivity index (χ2n) is 10.0. The van der Waals surface area contributed by atoms with Crippen LogP contribution in [-0.4, -0.2) is 4.57 Å². The molecule has 1 aliphatic rings. The number of hydrogen-bond donors (Lipinski definition) is 0. The summed E-state index contributed by atoms with van der Waals surface area (Å²) < 4.78 is 306. The van der Waals surface area contributed by atoms with Crippen LogP contribution in [0.2, 0.25) is 0 Å². The maximum Gasteiger partial charge on any atom is 0.0651 e. The van der Waals surface area contributed by atoms with Crippen molar-refractivity contribution < 1.29 is 46.6 Å². The number of fused-ring (bicyclic) bond motifs is 6. The van der Waals surface area contributed by atoms with E-state index in [1.807, 2.05) is 0 Å². The van der Waals surface area contributed by atoms with Crippen molar-refractivity contribution in [1.82, 2.24) is 4.57 Å². The molecule has 0 N–H and O–H groups in total. The first-order valence-corrected chi connectivity index (χ1v) is 13.6. The molecule has 0 fully saturated rings. The third kappa shape index (κ3) is 4.33. The van der Waals surface area contributed by atoms with Gasteiger partial charge in [-0.25, -0.2) is 0 Å². The van der Waals surface area contributed by atoms with Crippen LogP contribution in [0.1, 0.15) is 71.4 Å². The Labute approximate surface area is 323 Å². The van der Waals surface area contributed by atoms with Crippen LogP contribution in [0.5, 0.6) is 0 Å². The summed E-state index contributed by atoms with van der Waals surface area (Å²) in [6.45, 7) is -8.01. The molecule has 0 amide bonds. The molecule has 224 valence electrons. The van der Waals surface area contributed by atoms with E-state index in [2.05, 4.69) is 0 Å². The summed E-state index contributed by atoms with van der Waals surface area (Å²) in [5, 5.41) is -1.43. The first-order chi connectivity index (χ1) is 37.2. The Hall–Kier alpha value is -5.86. The molecule has 2 nitrogen and oxygen atoms in total. The van der Waals surface area contributed by atoms with E-state index in [9.17, 15) is 13.7 Å². The molecular formula is C45H34N2. The highest BCUT2D eigenvalue weighted by Gasteiger charge is 2.35. The minimum absolute atomic E-state index is 0.171. The molecule has 9 rings (SSSR count). The summed E-state index contributed by atoms with van der Waals surface area (Å²) >= 11 is 0. The largest absolute Gasteiger partial charge is 0.310 e. The smallest absolute Gasteiger partial charge is 0.0651 e. The van der Waals surface area contributed by atoms with Crippen molar-refractivity contribution in [2.45, 2.75) is 19.1 Å². The van der Waals surface area contributed by atoms with Crippen LogP contribution in [-0.2, 0) is 5.41 Å². The summed E-state index contributed by atoms with van der Waals surface area (Å²) in [6.07, 6.45) is 0. The maximum absolute atomic E-state index is 9.93. The Morgan fingerprint density at radius 2 is 1.15 bits per heavy atom. The zero-order valence-corrected chi connectivity index (χ0v) is 23.4.